The van der Waals surface area contributed by atoms with Gasteiger partial charge < -0.3 is 20.4 Å². The third kappa shape index (κ3) is 6.32. The summed E-state index contributed by atoms with van der Waals surface area (Å²) in [6.07, 6.45) is 3.56. The number of hydrogen-bond acceptors (Lipinski definition) is 7. The number of benzene rings is 1. The minimum atomic E-state index is -0.156. The van der Waals surface area contributed by atoms with Gasteiger partial charge in [-0.25, -0.2) is 4.98 Å². The van der Waals surface area contributed by atoms with Gasteiger partial charge in [0.1, 0.15) is 5.69 Å². The molecular weight excluding hydrogens is 458 g/mol. The topological polar surface area (TPSA) is 77.8 Å². The lowest BCUT2D eigenvalue weighted by molar-refractivity contribution is -0.119. The number of nitrogens with zero attached hydrogens (tertiary/aromatic N) is 5. The van der Waals surface area contributed by atoms with Crippen molar-refractivity contribution >= 4 is 33.2 Å². The van der Waals surface area contributed by atoms with Crippen LogP contribution in [0.4, 0.5) is 10.9 Å². The predicted octanol–water partition coefficient (Wildman–Crippen LogP) is 4.40. The number of carbonyl (C=O) groups is 1. The molecule has 4 rings (SSSR count). The summed E-state index contributed by atoms with van der Waals surface area (Å²) >= 11 is 1.49. The Kier molecular flexibility index (Phi) is 7.66. The third-order valence-corrected chi connectivity index (χ3v) is 7.39. The van der Waals surface area contributed by atoms with Gasteiger partial charge in [-0.05, 0) is 67.0 Å². The maximum Gasteiger partial charge on any atom is 0.239 e. The quantitative estimate of drug-likeness (QED) is 0.456. The molecule has 190 valence electrons. The van der Waals surface area contributed by atoms with Crippen LogP contribution in [-0.4, -0.2) is 70.2 Å². The molecular formula is C26H39N7OS. The molecule has 1 aliphatic heterocycles. The first-order valence-electron chi connectivity index (χ1n) is 12.6. The Hall–Kier alpha value is -2.65. The molecule has 2 N–H and O–H groups in total. The van der Waals surface area contributed by atoms with Gasteiger partial charge >= 0.3 is 0 Å². The number of likely N-dealkylation sites (tertiary alicyclic amines) is 1. The highest BCUT2D eigenvalue weighted by Crippen LogP contribution is 2.34. The van der Waals surface area contributed by atoms with Crippen molar-refractivity contribution in [3.05, 3.63) is 29.8 Å². The molecule has 1 saturated heterocycles. The fourth-order valence-electron chi connectivity index (χ4n) is 4.40. The van der Waals surface area contributed by atoms with Crippen molar-refractivity contribution in [3.63, 3.8) is 0 Å². The highest BCUT2D eigenvalue weighted by Gasteiger charge is 2.23. The molecule has 3 heterocycles. The molecule has 1 atom stereocenters. The van der Waals surface area contributed by atoms with E-state index in [0.29, 0.717) is 12.6 Å². The molecule has 1 aromatic carbocycles. The second kappa shape index (κ2) is 10.5. The SMILES string of the molecule is Cc1ccc(-c2nc3sc(N(C)CC(=O)NCC[C@@H](C)N4CCCC4)nn3c2NC(C)(C)C)cc1. The van der Waals surface area contributed by atoms with Crippen molar-refractivity contribution in [3.8, 4) is 11.3 Å². The number of likely N-dealkylation sites (N-methyl/N-ethyl adjacent to an activating group) is 1. The van der Waals surface area contributed by atoms with Crippen LogP contribution in [0.5, 0.6) is 0 Å². The number of fused-ring (bicyclic) bond motifs is 1. The number of aromatic nitrogens is 3. The van der Waals surface area contributed by atoms with Gasteiger partial charge in [-0.2, -0.15) is 4.52 Å². The van der Waals surface area contributed by atoms with Crippen molar-refractivity contribution in [2.24, 2.45) is 0 Å². The Morgan fingerprint density at radius 3 is 2.54 bits per heavy atom. The van der Waals surface area contributed by atoms with Gasteiger partial charge in [-0.15, -0.1) is 5.10 Å². The first-order valence-corrected chi connectivity index (χ1v) is 13.4. The summed E-state index contributed by atoms with van der Waals surface area (Å²) in [5, 5.41) is 12.2. The number of aryl methyl sites for hydroxylation is 1. The summed E-state index contributed by atoms with van der Waals surface area (Å²) in [5.41, 5.74) is 3.00. The monoisotopic (exact) mass is 497 g/mol. The smallest absolute Gasteiger partial charge is 0.239 e. The van der Waals surface area contributed by atoms with E-state index >= 15 is 0 Å². The molecule has 1 aliphatic rings. The van der Waals surface area contributed by atoms with Gasteiger partial charge in [0.05, 0.1) is 6.54 Å². The Bertz CT molecular complexity index is 1140. The largest absolute Gasteiger partial charge is 0.364 e. The van der Waals surface area contributed by atoms with E-state index in [1.54, 1.807) is 0 Å². The molecule has 1 amide bonds. The predicted molar refractivity (Wildman–Crippen MR) is 146 cm³/mol. The molecule has 0 spiro atoms. The minimum Gasteiger partial charge on any atom is -0.364 e. The van der Waals surface area contributed by atoms with Crippen LogP contribution in [-0.2, 0) is 4.79 Å². The Labute approximate surface area is 212 Å². The van der Waals surface area contributed by atoms with E-state index in [0.717, 1.165) is 33.6 Å². The molecule has 9 heteroatoms. The highest BCUT2D eigenvalue weighted by molar-refractivity contribution is 7.20. The fraction of sp³-hybridized carbons (Fsp3) is 0.577. The standard InChI is InChI=1S/C26H39N7OS/c1-18-9-11-20(12-10-18)22-23(29-26(3,4)5)33-24(28-22)35-25(30-33)31(6)17-21(34)27-14-13-19(2)32-15-7-8-16-32/h9-12,19,29H,7-8,13-17H2,1-6H3,(H,27,34)/t19-/m1/s1. The van der Waals surface area contributed by atoms with E-state index in [2.05, 4.69) is 74.4 Å². The number of rotatable bonds is 9. The van der Waals surface area contributed by atoms with E-state index < -0.39 is 0 Å². The normalized spacial score (nSPS) is 15.5. The van der Waals surface area contributed by atoms with Crippen LogP contribution < -0.4 is 15.5 Å². The van der Waals surface area contributed by atoms with Gasteiger partial charge in [0.2, 0.25) is 16.0 Å². The number of nitrogens with one attached hydrogen (secondary N) is 2. The van der Waals surface area contributed by atoms with Crippen LogP contribution >= 0.6 is 11.3 Å². The Balaban J connectivity index is 1.44. The summed E-state index contributed by atoms with van der Waals surface area (Å²) in [4.78, 5) is 22.7. The van der Waals surface area contributed by atoms with Gasteiger partial charge in [0, 0.05) is 30.7 Å². The van der Waals surface area contributed by atoms with Gasteiger partial charge in [-0.3, -0.25) is 4.79 Å². The average molecular weight is 498 g/mol. The lowest BCUT2D eigenvalue weighted by Gasteiger charge is -2.24. The average Bonchev–Trinajstić information content (AvgIpc) is 3.51. The van der Waals surface area contributed by atoms with Crippen molar-refractivity contribution in [1.82, 2.24) is 24.8 Å². The molecule has 0 radical (unpaired) electrons. The van der Waals surface area contributed by atoms with E-state index in [9.17, 15) is 4.79 Å². The molecule has 0 unspecified atom stereocenters. The maximum absolute atomic E-state index is 12.6. The first kappa shape index (κ1) is 25.4. The van der Waals surface area contributed by atoms with Crippen molar-refractivity contribution in [2.75, 3.05) is 43.4 Å². The third-order valence-electron chi connectivity index (χ3n) is 6.37. The van der Waals surface area contributed by atoms with Crippen LogP contribution in [0.2, 0.25) is 0 Å². The zero-order chi connectivity index (χ0) is 25.2. The van der Waals surface area contributed by atoms with Crippen LogP contribution in [0.15, 0.2) is 24.3 Å². The number of amides is 1. The molecule has 35 heavy (non-hydrogen) atoms. The van der Waals surface area contributed by atoms with Gasteiger partial charge in [0.25, 0.3) is 0 Å². The summed E-state index contributed by atoms with van der Waals surface area (Å²) in [7, 11) is 1.91. The maximum atomic E-state index is 12.6. The lowest BCUT2D eigenvalue weighted by Crippen LogP contribution is -2.38. The van der Waals surface area contributed by atoms with Crippen molar-refractivity contribution in [1.29, 1.82) is 0 Å². The van der Waals surface area contributed by atoms with Gasteiger partial charge in [-0.1, -0.05) is 41.2 Å². The Morgan fingerprint density at radius 1 is 1.20 bits per heavy atom. The van der Waals surface area contributed by atoms with E-state index in [-0.39, 0.29) is 18.0 Å². The van der Waals surface area contributed by atoms with E-state index in [4.69, 9.17) is 10.1 Å². The number of anilines is 2. The summed E-state index contributed by atoms with van der Waals surface area (Å²) in [6.45, 7) is 14.0. The molecule has 3 aromatic rings. The zero-order valence-corrected chi connectivity index (χ0v) is 22.7. The summed E-state index contributed by atoms with van der Waals surface area (Å²) in [6, 6.07) is 8.90. The second-order valence-electron chi connectivity index (χ2n) is 10.7. The molecule has 0 saturated carbocycles. The van der Waals surface area contributed by atoms with Crippen LogP contribution in [0, 0.1) is 6.92 Å². The van der Waals surface area contributed by atoms with E-state index in [1.165, 1.54) is 42.8 Å². The molecule has 1 fully saturated rings. The summed E-state index contributed by atoms with van der Waals surface area (Å²) in [5.74, 6) is 0.884. The summed E-state index contributed by atoms with van der Waals surface area (Å²) < 4.78 is 1.87. The lowest BCUT2D eigenvalue weighted by atomic mass is 10.1. The fourth-order valence-corrected chi connectivity index (χ4v) is 5.26. The number of hydrogen-bond donors (Lipinski definition) is 2. The minimum absolute atomic E-state index is 0.0161. The van der Waals surface area contributed by atoms with Crippen LogP contribution in [0.25, 0.3) is 16.2 Å². The molecule has 0 aliphatic carbocycles. The van der Waals surface area contributed by atoms with Crippen molar-refractivity contribution in [2.45, 2.75) is 65.5 Å². The zero-order valence-electron chi connectivity index (χ0n) is 21.9. The highest BCUT2D eigenvalue weighted by atomic mass is 32.1. The first-order chi connectivity index (χ1) is 16.6. The van der Waals surface area contributed by atoms with Crippen LogP contribution in [0.1, 0.15) is 52.5 Å². The Morgan fingerprint density at radius 2 is 1.89 bits per heavy atom. The van der Waals surface area contributed by atoms with Crippen molar-refractivity contribution < 1.29 is 4.79 Å². The van der Waals surface area contributed by atoms with Gasteiger partial charge in [0.15, 0.2) is 5.82 Å². The number of carbonyl (C=O) groups excluding carboxylic acids is 1. The molecule has 2 aromatic heterocycles. The van der Waals surface area contributed by atoms with E-state index in [1.807, 2.05) is 16.5 Å². The molecule has 8 nitrogen and oxygen atoms in total. The van der Waals surface area contributed by atoms with Crippen LogP contribution in [0.3, 0.4) is 0 Å². The number of imidazole rings is 1. The molecule has 0 bridgehead atoms. The second-order valence-corrected chi connectivity index (χ2v) is 11.7.